The summed E-state index contributed by atoms with van der Waals surface area (Å²) in [6, 6.07) is 5.82. The second-order valence-electron chi connectivity index (χ2n) is 5.47. The SMILES string of the molecule is CN=C(NCCCOCCOC)N(C)Cc1ccc(OC)cc1OC. The van der Waals surface area contributed by atoms with Crippen molar-refractivity contribution in [2.24, 2.45) is 4.99 Å². The zero-order valence-electron chi connectivity index (χ0n) is 16.0. The average molecular weight is 353 g/mol. The summed E-state index contributed by atoms with van der Waals surface area (Å²) in [4.78, 5) is 6.38. The molecule has 0 amide bonds. The molecule has 1 aromatic rings. The van der Waals surface area contributed by atoms with E-state index in [-0.39, 0.29) is 0 Å². The fourth-order valence-corrected chi connectivity index (χ4v) is 2.32. The minimum atomic E-state index is 0.627. The van der Waals surface area contributed by atoms with Gasteiger partial charge in [-0.3, -0.25) is 4.99 Å². The molecule has 0 saturated heterocycles. The maximum atomic E-state index is 5.45. The van der Waals surface area contributed by atoms with Crippen LogP contribution in [-0.4, -0.2) is 72.6 Å². The third kappa shape index (κ3) is 7.62. The molecule has 0 aromatic heterocycles. The van der Waals surface area contributed by atoms with Crippen molar-refractivity contribution in [1.82, 2.24) is 10.2 Å². The van der Waals surface area contributed by atoms with Crippen molar-refractivity contribution in [2.45, 2.75) is 13.0 Å². The maximum absolute atomic E-state index is 5.45. The summed E-state index contributed by atoms with van der Waals surface area (Å²) in [5.41, 5.74) is 1.07. The van der Waals surface area contributed by atoms with E-state index in [2.05, 4.69) is 15.2 Å². The number of benzene rings is 1. The molecule has 0 heterocycles. The Kier molecular flexibility index (Phi) is 10.4. The van der Waals surface area contributed by atoms with Crippen molar-refractivity contribution in [2.75, 3.05) is 61.8 Å². The number of aliphatic imine (C=N–C) groups is 1. The quantitative estimate of drug-likeness (QED) is 0.372. The van der Waals surface area contributed by atoms with Gasteiger partial charge in [0.05, 0.1) is 27.4 Å². The van der Waals surface area contributed by atoms with E-state index in [1.165, 1.54) is 0 Å². The van der Waals surface area contributed by atoms with Crippen LogP contribution in [0.25, 0.3) is 0 Å². The van der Waals surface area contributed by atoms with Crippen molar-refractivity contribution < 1.29 is 18.9 Å². The molecule has 0 unspecified atom stereocenters. The predicted molar refractivity (Wildman–Crippen MR) is 99.7 cm³/mol. The van der Waals surface area contributed by atoms with E-state index >= 15 is 0 Å². The Morgan fingerprint density at radius 1 is 1.12 bits per heavy atom. The first-order chi connectivity index (χ1) is 12.2. The lowest BCUT2D eigenvalue weighted by molar-refractivity contribution is 0.0698. The second kappa shape index (κ2) is 12.4. The molecule has 0 aliphatic heterocycles. The lowest BCUT2D eigenvalue weighted by Crippen LogP contribution is -2.39. The molecular weight excluding hydrogens is 322 g/mol. The molecule has 0 fully saturated rings. The van der Waals surface area contributed by atoms with Gasteiger partial charge in [-0.1, -0.05) is 0 Å². The number of hydrogen-bond donors (Lipinski definition) is 1. The van der Waals surface area contributed by atoms with Crippen LogP contribution in [0.1, 0.15) is 12.0 Å². The molecule has 1 aromatic carbocycles. The molecule has 0 radical (unpaired) electrons. The minimum Gasteiger partial charge on any atom is -0.497 e. The van der Waals surface area contributed by atoms with Crippen LogP contribution in [0.3, 0.4) is 0 Å². The summed E-state index contributed by atoms with van der Waals surface area (Å²) >= 11 is 0. The molecule has 0 bridgehead atoms. The predicted octanol–water partition coefficient (Wildman–Crippen LogP) is 1.76. The van der Waals surface area contributed by atoms with Gasteiger partial charge in [-0.15, -0.1) is 0 Å². The lowest BCUT2D eigenvalue weighted by Gasteiger charge is -2.23. The molecule has 1 rings (SSSR count). The van der Waals surface area contributed by atoms with Gasteiger partial charge in [0.1, 0.15) is 11.5 Å². The second-order valence-corrected chi connectivity index (χ2v) is 5.47. The fourth-order valence-electron chi connectivity index (χ4n) is 2.32. The van der Waals surface area contributed by atoms with Crippen LogP contribution in [0.5, 0.6) is 11.5 Å². The van der Waals surface area contributed by atoms with E-state index in [9.17, 15) is 0 Å². The van der Waals surface area contributed by atoms with Crippen LogP contribution in [0.4, 0.5) is 0 Å². The Labute approximate surface area is 150 Å². The minimum absolute atomic E-state index is 0.627. The Morgan fingerprint density at radius 2 is 1.92 bits per heavy atom. The Balaban J connectivity index is 2.47. The number of ether oxygens (including phenoxy) is 4. The Morgan fingerprint density at radius 3 is 2.56 bits per heavy atom. The van der Waals surface area contributed by atoms with E-state index in [1.807, 2.05) is 25.2 Å². The number of guanidine groups is 1. The van der Waals surface area contributed by atoms with Crippen molar-refractivity contribution in [3.05, 3.63) is 23.8 Å². The van der Waals surface area contributed by atoms with Crippen LogP contribution in [0.15, 0.2) is 23.2 Å². The van der Waals surface area contributed by atoms with Crippen molar-refractivity contribution >= 4 is 5.96 Å². The molecular formula is C18H31N3O4. The van der Waals surface area contributed by atoms with Crippen molar-refractivity contribution in [3.8, 4) is 11.5 Å². The zero-order valence-corrected chi connectivity index (χ0v) is 16.0. The average Bonchev–Trinajstić information content (AvgIpc) is 2.64. The van der Waals surface area contributed by atoms with Gasteiger partial charge >= 0.3 is 0 Å². The molecule has 0 spiro atoms. The summed E-state index contributed by atoms with van der Waals surface area (Å²) in [7, 11) is 8.75. The highest BCUT2D eigenvalue weighted by molar-refractivity contribution is 5.79. The van der Waals surface area contributed by atoms with Crippen LogP contribution in [0.2, 0.25) is 0 Å². The van der Waals surface area contributed by atoms with Gasteiger partial charge in [0.15, 0.2) is 5.96 Å². The molecule has 0 saturated carbocycles. The topological polar surface area (TPSA) is 64.6 Å². The molecule has 0 atom stereocenters. The highest BCUT2D eigenvalue weighted by atomic mass is 16.5. The van der Waals surface area contributed by atoms with Gasteiger partial charge < -0.3 is 29.2 Å². The van der Waals surface area contributed by atoms with Gasteiger partial charge in [0.25, 0.3) is 0 Å². The molecule has 7 nitrogen and oxygen atoms in total. The van der Waals surface area contributed by atoms with Gasteiger partial charge in [0, 0.05) is 52.5 Å². The van der Waals surface area contributed by atoms with Crippen LogP contribution in [-0.2, 0) is 16.0 Å². The summed E-state index contributed by atoms with van der Waals surface area (Å²) in [6.45, 7) is 3.42. The Bertz CT molecular complexity index is 523. The van der Waals surface area contributed by atoms with E-state index in [1.54, 1.807) is 28.4 Å². The van der Waals surface area contributed by atoms with Gasteiger partial charge in [0.2, 0.25) is 0 Å². The van der Waals surface area contributed by atoms with Crippen molar-refractivity contribution in [1.29, 1.82) is 0 Å². The third-order valence-corrected chi connectivity index (χ3v) is 3.66. The Hall–Kier alpha value is -1.99. The van der Waals surface area contributed by atoms with Gasteiger partial charge in [-0.2, -0.15) is 0 Å². The summed E-state index contributed by atoms with van der Waals surface area (Å²) < 4.78 is 21.1. The zero-order chi connectivity index (χ0) is 18.5. The summed E-state index contributed by atoms with van der Waals surface area (Å²) in [6.07, 6.45) is 0.905. The van der Waals surface area contributed by atoms with Gasteiger partial charge in [-0.25, -0.2) is 0 Å². The lowest BCUT2D eigenvalue weighted by atomic mass is 10.2. The first-order valence-corrected chi connectivity index (χ1v) is 8.35. The molecule has 25 heavy (non-hydrogen) atoms. The maximum Gasteiger partial charge on any atom is 0.193 e. The van der Waals surface area contributed by atoms with E-state index in [0.717, 1.165) is 36.0 Å². The number of rotatable bonds is 11. The number of nitrogens with one attached hydrogen (secondary N) is 1. The third-order valence-electron chi connectivity index (χ3n) is 3.66. The molecule has 1 N–H and O–H groups in total. The van der Waals surface area contributed by atoms with E-state index < -0.39 is 0 Å². The largest absolute Gasteiger partial charge is 0.497 e. The summed E-state index contributed by atoms with van der Waals surface area (Å²) in [5.74, 6) is 2.40. The smallest absolute Gasteiger partial charge is 0.193 e. The molecule has 7 heteroatoms. The van der Waals surface area contributed by atoms with Crippen LogP contribution < -0.4 is 14.8 Å². The number of methoxy groups -OCH3 is 3. The first kappa shape index (κ1) is 21.1. The molecule has 142 valence electrons. The first-order valence-electron chi connectivity index (χ1n) is 8.35. The van der Waals surface area contributed by atoms with Crippen LogP contribution >= 0.6 is 0 Å². The molecule has 0 aliphatic carbocycles. The summed E-state index contributed by atoms with van der Waals surface area (Å²) in [5, 5.41) is 3.34. The van der Waals surface area contributed by atoms with Crippen LogP contribution in [0, 0.1) is 0 Å². The number of nitrogens with zero attached hydrogens (tertiary/aromatic N) is 2. The highest BCUT2D eigenvalue weighted by Crippen LogP contribution is 2.25. The van der Waals surface area contributed by atoms with E-state index in [4.69, 9.17) is 18.9 Å². The monoisotopic (exact) mass is 353 g/mol. The fraction of sp³-hybridized carbons (Fsp3) is 0.611. The van der Waals surface area contributed by atoms with Crippen molar-refractivity contribution in [3.63, 3.8) is 0 Å². The highest BCUT2D eigenvalue weighted by Gasteiger charge is 2.11. The number of hydrogen-bond acceptors (Lipinski definition) is 5. The normalized spacial score (nSPS) is 11.3. The van der Waals surface area contributed by atoms with Gasteiger partial charge in [-0.05, 0) is 18.6 Å². The molecule has 0 aliphatic rings. The standard InChI is InChI=1S/C18H31N3O4/c1-19-18(20-9-6-10-25-12-11-22-3)21(2)14-15-7-8-16(23-4)13-17(15)24-5/h7-8,13H,6,9-12,14H2,1-5H3,(H,19,20). The van der Waals surface area contributed by atoms with E-state index in [0.29, 0.717) is 26.4 Å².